The molecule has 0 aromatic heterocycles. The number of esters is 1. The highest BCUT2D eigenvalue weighted by molar-refractivity contribution is 7.92. The average Bonchev–Trinajstić information content (AvgIpc) is 3.44. The third-order valence-corrected chi connectivity index (χ3v) is 6.84. The summed E-state index contributed by atoms with van der Waals surface area (Å²) in [7, 11) is -6.25. The summed E-state index contributed by atoms with van der Waals surface area (Å²) in [6.45, 7) is 0. The Hall–Kier alpha value is -2.43. The minimum absolute atomic E-state index is 0.0128. The van der Waals surface area contributed by atoms with Crippen LogP contribution in [0.4, 0.5) is 5.69 Å². The van der Waals surface area contributed by atoms with Crippen molar-refractivity contribution < 1.29 is 26.4 Å². The monoisotopic (exact) mass is 410 g/mol. The Bertz CT molecular complexity index is 1040. The molecule has 0 unspecified atom stereocenters. The molecule has 0 spiro atoms. The standard InChI is InChI=1S/C17H18N2O6S2/c1-25-17(20)12-2-8-15(9-3-12)26(21,22)19-14-6-10-16(11-7-14)27(23,24)18-13-4-5-13/h2-3,6-11,13,18-19H,4-5H2,1H3. The lowest BCUT2D eigenvalue weighted by Crippen LogP contribution is -2.25. The van der Waals surface area contributed by atoms with Crippen LogP contribution in [0.3, 0.4) is 0 Å². The Labute approximate surface area is 157 Å². The molecule has 8 nitrogen and oxygen atoms in total. The molecule has 2 aromatic rings. The van der Waals surface area contributed by atoms with E-state index in [9.17, 15) is 21.6 Å². The number of sulfonamides is 2. The summed E-state index contributed by atoms with van der Waals surface area (Å²) in [5.74, 6) is -0.566. The molecule has 0 saturated heterocycles. The summed E-state index contributed by atoms with van der Waals surface area (Å²) < 4.78 is 58.6. The fraction of sp³-hybridized carbons (Fsp3) is 0.235. The molecule has 1 aliphatic rings. The minimum atomic E-state index is -3.89. The van der Waals surface area contributed by atoms with Gasteiger partial charge in [-0.3, -0.25) is 4.72 Å². The summed E-state index contributed by atoms with van der Waals surface area (Å²) in [6, 6.07) is 10.7. The van der Waals surface area contributed by atoms with E-state index in [2.05, 4.69) is 14.2 Å². The molecule has 1 saturated carbocycles. The highest BCUT2D eigenvalue weighted by Crippen LogP contribution is 2.23. The van der Waals surface area contributed by atoms with Crippen molar-refractivity contribution in [1.29, 1.82) is 0 Å². The van der Waals surface area contributed by atoms with Crippen molar-refractivity contribution in [2.75, 3.05) is 11.8 Å². The third-order valence-electron chi connectivity index (χ3n) is 3.90. The Kier molecular flexibility index (Phi) is 5.22. The molecule has 0 atom stereocenters. The minimum Gasteiger partial charge on any atom is -0.465 e. The van der Waals surface area contributed by atoms with E-state index in [0.29, 0.717) is 0 Å². The number of carbonyl (C=O) groups excluding carboxylic acids is 1. The zero-order chi connectivity index (χ0) is 19.7. The molecule has 0 bridgehead atoms. The number of methoxy groups -OCH3 is 1. The number of hydrogen-bond acceptors (Lipinski definition) is 6. The summed E-state index contributed by atoms with van der Waals surface area (Å²) >= 11 is 0. The fourth-order valence-electron chi connectivity index (χ4n) is 2.29. The number of ether oxygens (including phenoxy) is 1. The van der Waals surface area contributed by atoms with Crippen LogP contribution < -0.4 is 9.44 Å². The second-order valence-electron chi connectivity index (χ2n) is 6.04. The predicted octanol–water partition coefficient (Wildman–Crippen LogP) is 1.71. The molecule has 0 amide bonds. The first-order valence-electron chi connectivity index (χ1n) is 8.05. The highest BCUT2D eigenvalue weighted by Gasteiger charge is 2.28. The topological polar surface area (TPSA) is 119 Å². The highest BCUT2D eigenvalue weighted by atomic mass is 32.2. The maximum absolute atomic E-state index is 12.4. The molecular weight excluding hydrogens is 392 g/mol. The van der Waals surface area contributed by atoms with E-state index in [4.69, 9.17) is 0 Å². The van der Waals surface area contributed by atoms with Gasteiger partial charge in [-0.25, -0.2) is 26.4 Å². The number of anilines is 1. The van der Waals surface area contributed by atoms with E-state index >= 15 is 0 Å². The molecule has 0 aliphatic heterocycles. The smallest absolute Gasteiger partial charge is 0.337 e. The molecule has 27 heavy (non-hydrogen) atoms. The van der Waals surface area contributed by atoms with Crippen LogP contribution in [0.1, 0.15) is 23.2 Å². The van der Waals surface area contributed by atoms with Gasteiger partial charge in [0.1, 0.15) is 0 Å². The van der Waals surface area contributed by atoms with Gasteiger partial charge in [-0.05, 0) is 61.4 Å². The maximum Gasteiger partial charge on any atom is 0.337 e. The molecule has 1 fully saturated rings. The molecule has 3 rings (SSSR count). The Balaban J connectivity index is 1.74. The van der Waals surface area contributed by atoms with Crippen molar-refractivity contribution in [3.8, 4) is 0 Å². The Morgan fingerprint density at radius 3 is 1.93 bits per heavy atom. The fourth-order valence-corrected chi connectivity index (χ4v) is 4.66. The van der Waals surface area contributed by atoms with Crippen LogP contribution in [0.15, 0.2) is 58.3 Å². The molecule has 0 heterocycles. The van der Waals surface area contributed by atoms with Crippen LogP contribution in [0, 0.1) is 0 Å². The van der Waals surface area contributed by atoms with E-state index in [1.807, 2.05) is 0 Å². The predicted molar refractivity (Wildman–Crippen MR) is 98.4 cm³/mol. The second kappa shape index (κ2) is 7.29. The number of hydrogen-bond donors (Lipinski definition) is 2. The zero-order valence-electron chi connectivity index (χ0n) is 14.4. The molecule has 1 aliphatic carbocycles. The van der Waals surface area contributed by atoms with Crippen LogP contribution in [-0.4, -0.2) is 36.0 Å². The van der Waals surface area contributed by atoms with Gasteiger partial charge in [0.05, 0.1) is 22.5 Å². The average molecular weight is 410 g/mol. The summed E-state index contributed by atoms with van der Waals surface area (Å²) in [5, 5.41) is 0. The number of nitrogens with one attached hydrogen (secondary N) is 2. The van der Waals surface area contributed by atoms with E-state index in [-0.39, 0.29) is 27.1 Å². The molecule has 2 N–H and O–H groups in total. The van der Waals surface area contributed by atoms with Crippen LogP contribution in [-0.2, 0) is 24.8 Å². The van der Waals surface area contributed by atoms with Gasteiger partial charge in [0, 0.05) is 11.7 Å². The Morgan fingerprint density at radius 1 is 0.889 bits per heavy atom. The summed E-state index contributed by atoms with van der Waals surface area (Å²) in [5.41, 5.74) is 0.451. The quantitative estimate of drug-likeness (QED) is 0.671. The number of carbonyl (C=O) groups is 1. The lowest BCUT2D eigenvalue weighted by atomic mass is 10.2. The van der Waals surface area contributed by atoms with Gasteiger partial charge in [0.15, 0.2) is 0 Å². The maximum atomic E-state index is 12.4. The van der Waals surface area contributed by atoms with E-state index in [1.165, 1.54) is 55.6 Å². The van der Waals surface area contributed by atoms with Crippen molar-refractivity contribution in [3.63, 3.8) is 0 Å². The van der Waals surface area contributed by atoms with Gasteiger partial charge < -0.3 is 4.74 Å². The van der Waals surface area contributed by atoms with Crippen molar-refractivity contribution in [2.45, 2.75) is 28.7 Å². The van der Waals surface area contributed by atoms with Gasteiger partial charge >= 0.3 is 5.97 Å². The van der Waals surface area contributed by atoms with Gasteiger partial charge in [0.25, 0.3) is 10.0 Å². The van der Waals surface area contributed by atoms with Crippen molar-refractivity contribution >= 4 is 31.7 Å². The lowest BCUT2D eigenvalue weighted by molar-refractivity contribution is 0.0600. The number of benzene rings is 2. The van der Waals surface area contributed by atoms with E-state index in [0.717, 1.165) is 12.8 Å². The summed E-state index contributed by atoms with van der Waals surface area (Å²) in [6.07, 6.45) is 1.65. The van der Waals surface area contributed by atoms with Crippen LogP contribution >= 0.6 is 0 Å². The largest absolute Gasteiger partial charge is 0.465 e. The molecule has 2 aromatic carbocycles. The molecule has 10 heteroatoms. The normalized spacial score (nSPS) is 14.6. The molecule has 0 radical (unpaired) electrons. The van der Waals surface area contributed by atoms with Crippen LogP contribution in [0.25, 0.3) is 0 Å². The molecule has 144 valence electrons. The molecular formula is C17H18N2O6S2. The first-order valence-corrected chi connectivity index (χ1v) is 11.0. The van der Waals surface area contributed by atoms with Crippen molar-refractivity contribution in [1.82, 2.24) is 4.72 Å². The van der Waals surface area contributed by atoms with E-state index in [1.54, 1.807) is 0 Å². The van der Waals surface area contributed by atoms with Gasteiger partial charge in [-0.2, -0.15) is 0 Å². The first kappa shape index (κ1) is 19.3. The van der Waals surface area contributed by atoms with Crippen molar-refractivity contribution in [2.24, 2.45) is 0 Å². The van der Waals surface area contributed by atoms with Crippen LogP contribution in [0.2, 0.25) is 0 Å². The zero-order valence-corrected chi connectivity index (χ0v) is 16.0. The van der Waals surface area contributed by atoms with Gasteiger partial charge in [0.2, 0.25) is 10.0 Å². The van der Waals surface area contributed by atoms with E-state index < -0.39 is 26.0 Å². The lowest BCUT2D eigenvalue weighted by Gasteiger charge is -2.10. The van der Waals surface area contributed by atoms with Crippen LogP contribution in [0.5, 0.6) is 0 Å². The summed E-state index contributed by atoms with van der Waals surface area (Å²) in [4.78, 5) is 11.4. The SMILES string of the molecule is COC(=O)c1ccc(S(=O)(=O)Nc2ccc(S(=O)(=O)NC3CC3)cc2)cc1. The van der Waals surface area contributed by atoms with Gasteiger partial charge in [-0.1, -0.05) is 0 Å². The number of rotatable bonds is 7. The van der Waals surface area contributed by atoms with Gasteiger partial charge in [-0.15, -0.1) is 0 Å². The second-order valence-corrected chi connectivity index (χ2v) is 9.44. The third kappa shape index (κ3) is 4.65. The first-order chi connectivity index (χ1) is 12.7. The Morgan fingerprint density at radius 2 is 1.41 bits per heavy atom. The van der Waals surface area contributed by atoms with Crippen molar-refractivity contribution in [3.05, 3.63) is 54.1 Å².